The first-order chi connectivity index (χ1) is 10.1. The van der Waals surface area contributed by atoms with Crippen LogP contribution in [0.3, 0.4) is 0 Å². The molecule has 2 saturated heterocycles. The molecule has 3 rings (SSSR count). The van der Waals surface area contributed by atoms with Crippen molar-refractivity contribution in [2.24, 2.45) is 0 Å². The maximum atomic E-state index is 12.2. The largest absolute Gasteiger partial charge is 0.340 e. The number of urea groups is 1. The van der Waals surface area contributed by atoms with Gasteiger partial charge in [-0.05, 0) is 25.0 Å². The molecular weight excluding hydrogens is 272 g/mol. The lowest BCUT2D eigenvalue weighted by Crippen LogP contribution is -2.49. The van der Waals surface area contributed by atoms with Gasteiger partial charge in [-0.1, -0.05) is 6.07 Å². The number of aromatic nitrogens is 1. The van der Waals surface area contributed by atoms with E-state index in [0.717, 1.165) is 5.69 Å². The van der Waals surface area contributed by atoms with Gasteiger partial charge in [-0.25, -0.2) is 4.79 Å². The molecule has 2 fully saturated rings. The zero-order valence-corrected chi connectivity index (χ0v) is 11.5. The van der Waals surface area contributed by atoms with E-state index in [9.17, 15) is 14.4 Å². The molecule has 7 heteroatoms. The predicted octanol–water partition coefficient (Wildman–Crippen LogP) is -0.175. The fourth-order valence-corrected chi connectivity index (χ4v) is 2.78. The highest BCUT2D eigenvalue weighted by molar-refractivity contribution is 6.07. The van der Waals surface area contributed by atoms with E-state index in [4.69, 9.17) is 0 Å². The summed E-state index contributed by atoms with van der Waals surface area (Å²) < 4.78 is 0. The molecule has 0 aliphatic carbocycles. The Hall–Kier alpha value is -2.44. The summed E-state index contributed by atoms with van der Waals surface area (Å²) in [4.78, 5) is 41.1. The standard InChI is InChI=1S/C14H16N4O3/c19-11(5-4-10-3-1-2-7-15-10)18-8-6-14(9-18)12(20)16-13(21)17-14/h1-3,7H,4-6,8-9H2,(H2,16,17,20,21). The van der Waals surface area contributed by atoms with Gasteiger partial charge in [-0.2, -0.15) is 0 Å². The maximum Gasteiger partial charge on any atom is 0.322 e. The van der Waals surface area contributed by atoms with E-state index in [0.29, 0.717) is 25.8 Å². The number of nitrogens with zero attached hydrogens (tertiary/aromatic N) is 2. The molecule has 2 N–H and O–H groups in total. The van der Waals surface area contributed by atoms with Gasteiger partial charge in [0.15, 0.2) is 0 Å². The van der Waals surface area contributed by atoms with Crippen molar-refractivity contribution in [3.8, 4) is 0 Å². The molecular formula is C14H16N4O3. The minimum atomic E-state index is -0.933. The maximum absolute atomic E-state index is 12.2. The van der Waals surface area contributed by atoms with Crippen LogP contribution in [-0.4, -0.2) is 46.4 Å². The van der Waals surface area contributed by atoms with E-state index in [1.807, 2.05) is 18.2 Å². The van der Waals surface area contributed by atoms with E-state index in [-0.39, 0.29) is 18.4 Å². The lowest BCUT2D eigenvalue weighted by Gasteiger charge is -2.21. The third-order valence-electron chi connectivity index (χ3n) is 3.96. The quantitative estimate of drug-likeness (QED) is 0.755. The van der Waals surface area contributed by atoms with Gasteiger partial charge in [0.1, 0.15) is 5.54 Å². The molecule has 0 saturated carbocycles. The molecule has 1 aromatic rings. The summed E-state index contributed by atoms with van der Waals surface area (Å²) in [5.41, 5.74) is -0.0655. The Labute approximate surface area is 121 Å². The summed E-state index contributed by atoms with van der Waals surface area (Å²) in [5.74, 6) is -0.362. The van der Waals surface area contributed by atoms with Gasteiger partial charge in [0.25, 0.3) is 5.91 Å². The van der Waals surface area contributed by atoms with Crippen LogP contribution in [0.4, 0.5) is 4.79 Å². The SMILES string of the molecule is O=C1NC(=O)C2(CCN(C(=O)CCc3ccccn3)C2)N1. The molecule has 4 amide bonds. The smallest absolute Gasteiger partial charge is 0.322 e. The third kappa shape index (κ3) is 2.58. The fraction of sp³-hybridized carbons (Fsp3) is 0.429. The number of nitrogens with one attached hydrogen (secondary N) is 2. The van der Waals surface area contributed by atoms with Crippen LogP contribution in [0, 0.1) is 0 Å². The van der Waals surface area contributed by atoms with Gasteiger partial charge in [-0.3, -0.25) is 19.9 Å². The monoisotopic (exact) mass is 288 g/mol. The molecule has 1 unspecified atom stereocenters. The average Bonchev–Trinajstić information content (AvgIpc) is 3.02. The van der Waals surface area contributed by atoms with Gasteiger partial charge in [0, 0.05) is 24.9 Å². The van der Waals surface area contributed by atoms with Crippen LogP contribution in [0.5, 0.6) is 0 Å². The van der Waals surface area contributed by atoms with Gasteiger partial charge >= 0.3 is 6.03 Å². The first kappa shape index (κ1) is 13.5. The second-order valence-electron chi connectivity index (χ2n) is 5.38. The molecule has 0 aromatic carbocycles. The van der Waals surface area contributed by atoms with E-state index in [2.05, 4.69) is 15.6 Å². The Morgan fingerprint density at radius 3 is 2.90 bits per heavy atom. The molecule has 0 bridgehead atoms. The Kier molecular flexibility index (Phi) is 3.32. The zero-order chi connectivity index (χ0) is 14.9. The van der Waals surface area contributed by atoms with Crippen molar-refractivity contribution in [2.75, 3.05) is 13.1 Å². The van der Waals surface area contributed by atoms with E-state index >= 15 is 0 Å². The van der Waals surface area contributed by atoms with Crippen LogP contribution in [0.15, 0.2) is 24.4 Å². The van der Waals surface area contributed by atoms with Crippen molar-refractivity contribution in [1.82, 2.24) is 20.5 Å². The summed E-state index contributed by atoms with van der Waals surface area (Å²) in [7, 11) is 0. The Balaban J connectivity index is 1.58. The van der Waals surface area contributed by atoms with Gasteiger partial charge in [0.2, 0.25) is 5.91 Å². The Morgan fingerprint density at radius 2 is 2.24 bits per heavy atom. The summed E-state index contributed by atoms with van der Waals surface area (Å²) >= 11 is 0. The number of likely N-dealkylation sites (tertiary alicyclic amines) is 1. The number of hydrogen-bond donors (Lipinski definition) is 2. The summed E-state index contributed by atoms with van der Waals surface area (Å²) in [5, 5.41) is 4.86. The van der Waals surface area contributed by atoms with Crippen molar-refractivity contribution < 1.29 is 14.4 Å². The molecule has 1 spiro atoms. The zero-order valence-electron chi connectivity index (χ0n) is 11.5. The van der Waals surface area contributed by atoms with Crippen molar-refractivity contribution in [3.05, 3.63) is 30.1 Å². The van der Waals surface area contributed by atoms with Crippen LogP contribution in [0.1, 0.15) is 18.5 Å². The summed E-state index contributed by atoms with van der Waals surface area (Å²) in [6.07, 6.45) is 3.08. The van der Waals surface area contributed by atoms with E-state index < -0.39 is 11.6 Å². The molecule has 0 radical (unpaired) electrons. The fourth-order valence-electron chi connectivity index (χ4n) is 2.78. The molecule has 2 aliphatic rings. The molecule has 21 heavy (non-hydrogen) atoms. The Bertz CT molecular complexity index is 589. The third-order valence-corrected chi connectivity index (χ3v) is 3.96. The number of rotatable bonds is 3. The first-order valence-electron chi connectivity index (χ1n) is 6.90. The highest BCUT2D eigenvalue weighted by Gasteiger charge is 2.51. The summed E-state index contributed by atoms with van der Waals surface area (Å²) in [6, 6.07) is 5.11. The van der Waals surface area contributed by atoms with Crippen LogP contribution in [-0.2, 0) is 16.0 Å². The highest BCUT2D eigenvalue weighted by atomic mass is 16.2. The van der Waals surface area contributed by atoms with Gasteiger partial charge < -0.3 is 10.2 Å². The molecule has 7 nitrogen and oxygen atoms in total. The van der Waals surface area contributed by atoms with E-state index in [1.54, 1.807) is 11.1 Å². The van der Waals surface area contributed by atoms with Gasteiger partial charge in [0.05, 0.1) is 6.54 Å². The van der Waals surface area contributed by atoms with Crippen LogP contribution in [0.25, 0.3) is 0 Å². The number of amides is 4. The number of pyridine rings is 1. The lowest BCUT2D eigenvalue weighted by atomic mass is 9.99. The highest BCUT2D eigenvalue weighted by Crippen LogP contribution is 2.25. The van der Waals surface area contributed by atoms with Gasteiger partial charge in [-0.15, -0.1) is 0 Å². The molecule has 1 aromatic heterocycles. The number of aryl methyl sites for hydroxylation is 1. The number of imide groups is 1. The molecule has 2 aliphatic heterocycles. The molecule has 110 valence electrons. The van der Waals surface area contributed by atoms with Crippen molar-refractivity contribution in [2.45, 2.75) is 24.8 Å². The average molecular weight is 288 g/mol. The normalized spacial score (nSPS) is 24.3. The lowest BCUT2D eigenvalue weighted by molar-refractivity contribution is -0.130. The minimum Gasteiger partial charge on any atom is -0.340 e. The second kappa shape index (κ2) is 5.16. The van der Waals surface area contributed by atoms with Crippen molar-refractivity contribution in [3.63, 3.8) is 0 Å². The van der Waals surface area contributed by atoms with Crippen LogP contribution in [0.2, 0.25) is 0 Å². The molecule has 3 heterocycles. The number of hydrogen-bond acceptors (Lipinski definition) is 4. The number of carbonyl (C=O) groups excluding carboxylic acids is 3. The van der Waals surface area contributed by atoms with Crippen molar-refractivity contribution >= 4 is 17.8 Å². The first-order valence-corrected chi connectivity index (χ1v) is 6.90. The predicted molar refractivity (Wildman–Crippen MR) is 73.2 cm³/mol. The minimum absolute atomic E-state index is 0.0218. The Morgan fingerprint density at radius 1 is 1.38 bits per heavy atom. The summed E-state index contributed by atoms with van der Waals surface area (Å²) in [6.45, 7) is 0.723. The van der Waals surface area contributed by atoms with Crippen LogP contribution >= 0.6 is 0 Å². The van der Waals surface area contributed by atoms with E-state index in [1.165, 1.54) is 0 Å². The topological polar surface area (TPSA) is 91.4 Å². The molecule has 1 atom stereocenters. The second-order valence-corrected chi connectivity index (χ2v) is 5.38. The van der Waals surface area contributed by atoms with Crippen LogP contribution < -0.4 is 10.6 Å². The van der Waals surface area contributed by atoms with Crippen molar-refractivity contribution in [1.29, 1.82) is 0 Å². The number of carbonyl (C=O) groups is 3.